The lowest BCUT2D eigenvalue weighted by Crippen LogP contribution is -2.56. The van der Waals surface area contributed by atoms with Crippen LogP contribution >= 0.6 is 0 Å². The van der Waals surface area contributed by atoms with Crippen molar-refractivity contribution in [2.45, 2.75) is 30.8 Å². The van der Waals surface area contributed by atoms with E-state index in [1.807, 2.05) is 29.2 Å². The summed E-state index contributed by atoms with van der Waals surface area (Å²) in [7, 11) is -3.26. The number of fused-ring (bicyclic) bond motifs is 1. The molecule has 10 heteroatoms. The van der Waals surface area contributed by atoms with E-state index in [-0.39, 0.29) is 28.7 Å². The molecule has 0 spiro atoms. The molecule has 1 unspecified atom stereocenters. The van der Waals surface area contributed by atoms with Crippen LogP contribution < -0.4 is 15.7 Å². The second-order valence-corrected chi connectivity index (χ2v) is 11.0. The van der Waals surface area contributed by atoms with Crippen LogP contribution in [0.1, 0.15) is 29.3 Å². The molecule has 0 bridgehead atoms. The van der Waals surface area contributed by atoms with Gasteiger partial charge in [-0.1, -0.05) is 24.3 Å². The van der Waals surface area contributed by atoms with Crippen molar-refractivity contribution in [3.8, 4) is 11.8 Å². The molecule has 1 saturated heterocycles. The minimum atomic E-state index is -3.26. The van der Waals surface area contributed by atoms with E-state index in [9.17, 15) is 18.0 Å². The van der Waals surface area contributed by atoms with E-state index in [0.29, 0.717) is 48.7 Å². The van der Waals surface area contributed by atoms with Gasteiger partial charge in [0.1, 0.15) is 13.1 Å². The van der Waals surface area contributed by atoms with Gasteiger partial charge in [0, 0.05) is 25.1 Å². The number of anilines is 1. The average Bonchev–Trinajstić information content (AvgIpc) is 3.28. The summed E-state index contributed by atoms with van der Waals surface area (Å²) in [5.41, 5.74) is 3.89. The normalized spacial score (nSPS) is 22.5. The number of carbonyl (C=O) groups excluding carboxylic acids is 2. The summed E-state index contributed by atoms with van der Waals surface area (Å²) >= 11 is 0. The van der Waals surface area contributed by atoms with Crippen LogP contribution in [0.2, 0.25) is 0 Å². The maximum atomic E-state index is 12.8. The molecule has 2 aliphatic rings. The lowest BCUT2D eigenvalue weighted by atomic mass is 10.1. The fourth-order valence-corrected chi connectivity index (χ4v) is 6.20. The first-order chi connectivity index (χ1) is 16.8. The number of amides is 3. The highest BCUT2D eigenvalue weighted by molar-refractivity contribution is 7.91. The molecule has 2 aromatic rings. The van der Waals surface area contributed by atoms with Gasteiger partial charge in [0.15, 0.2) is 9.84 Å². The van der Waals surface area contributed by atoms with Crippen LogP contribution in [0.15, 0.2) is 53.4 Å². The van der Waals surface area contributed by atoms with Gasteiger partial charge < -0.3 is 10.2 Å². The number of carbonyl (C=O) groups is 2. The highest BCUT2D eigenvalue weighted by Crippen LogP contribution is 2.31. The van der Waals surface area contributed by atoms with Crippen molar-refractivity contribution >= 4 is 27.5 Å². The van der Waals surface area contributed by atoms with Crippen molar-refractivity contribution in [1.29, 1.82) is 0 Å². The third kappa shape index (κ3) is 5.17. The molecular weight excluding hydrogens is 468 g/mol. The molecule has 35 heavy (non-hydrogen) atoms. The molecular formula is C25H29N4O5S+. The first-order valence-corrected chi connectivity index (χ1v) is 13.1. The van der Waals surface area contributed by atoms with Gasteiger partial charge >= 0.3 is 6.03 Å². The number of likely N-dealkylation sites (tertiary alicyclic amines) is 1. The molecule has 2 aliphatic heterocycles. The summed E-state index contributed by atoms with van der Waals surface area (Å²) in [6, 6.07) is 13.5. The Hall–Kier alpha value is -3.39. The van der Waals surface area contributed by atoms with Gasteiger partial charge in [-0.15, -0.1) is 5.92 Å². The van der Waals surface area contributed by atoms with Gasteiger partial charge in [0.2, 0.25) is 0 Å². The first kappa shape index (κ1) is 24.7. The molecule has 0 saturated carbocycles. The quantitative estimate of drug-likeness (QED) is 0.252. The number of nitrogens with one attached hydrogen (secondary N) is 2. The number of urea groups is 1. The number of nitrogens with zero attached hydrogens (tertiary/aromatic N) is 2. The van der Waals surface area contributed by atoms with Crippen LogP contribution in [0.25, 0.3) is 0 Å². The second kappa shape index (κ2) is 10.1. The van der Waals surface area contributed by atoms with E-state index in [1.54, 1.807) is 36.7 Å². The maximum Gasteiger partial charge on any atom is 0.440 e. The van der Waals surface area contributed by atoms with Gasteiger partial charge in [0.05, 0.1) is 28.9 Å². The predicted octanol–water partition coefficient (Wildman–Crippen LogP) is 1.92. The second-order valence-electron chi connectivity index (χ2n) is 8.92. The Morgan fingerprint density at radius 2 is 1.91 bits per heavy atom. The monoisotopic (exact) mass is 497 g/mol. The molecule has 1 fully saturated rings. The highest BCUT2D eigenvalue weighted by Gasteiger charge is 2.45. The van der Waals surface area contributed by atoms with E-state index in [0.717, 1.165) is 5.56 Å². The van der Waals surface area contributed by atoms with Crippen molar-refractivity contribution in [3.63, 3.8) is 0 Å². The predicted molar refractivity (Wildman–Crippen MR) is 130 cm³/mol. The van der Waals surface area contributed by atoms with Gasteiger partial charge in [0.25, 0.3) is 5.91 Å². The van der Waals surface area contributed by atoms with Crippen LogP contribution in [0.4, 0.5) is 10.5 Å². The molecule has 3 amide bonds. The SMILES string of the molecule is CC#CC[N+]1(C(=O)NO)CC[C@H](NC(=O)c2ccc(CN3CCS(=O)(=O)c4ccccc43)cc2)C1. The van der Waals surface area contributed by atoms with Crippen molar-refractivity contribution in [2.75, 3.05) is 36.8 Å². The molecule has 0 aliphatic carbocycles. The van der Waals surface area contributed by atoms with Crippen molar-refractivity contribution < 1.29 is 27.7 Å². The molecule has 2 atom stereocenters. The minimum Gasteiger partial charge on any atom is -0.365 e. The van der Waals surface area contributed by atoms with Gasteiger partial charge in [-0.25, -0.2) is 17.7 Å². The van der Waals surface area contributed by atoms with Crippen LogP contribution in [0, 0.1) is 11.8 Å². The summed E-state index contributed by atoms with van der Waals surface area (Å²) in [5, 5.41) is 12.1. The standard InChI is InChI=1S/C25H28N4O5S/c1-2-3-14-29(25(31)27-32)15-12-21(18-29)26-24(30)20-10-8-19(9-11-20)17-28-13-16-35(33,34)23-7-5-4-6-22(23)28/h4-11,21H,12-18H2,1H3,(H2-,26,27,30,31,32)/p+1/t21-,29?/m0/s1. The summed E-state index contributed by atoms with van der Waals surface area (Å²) < 4.78 is 24.7. The molecule has 4 rings (SSSR count). The van der Waals surface area contributed by atoms with Crippen molar-refractivity contribution in [3.05, 3.63) is 59.7 Å². The van der Waals surface area contributed by atoms with E-state index >= 15 is 0 Å². The fourth-order valence-electron chi connectivity index (χ4n) is 4.72. The van der Waals surface area contributed by atoms with Crippen LogP contribution in [-0.2, 0) is 16.4 Å². The molecule has 3 N–H and O–H groups in total. The molecule has 2 aromatic carbocycles. The number of hydrogen-bond acceptors (Lipinski definition) is 6. The fraction of sp³-hybridized carbons (Fsp3) is 0.360. The lowest BCUT2D eigenvalue weighted by Gasteiger charge is -2.31. The number of sulfone groups is 1. The van der Waals surface area contributed by atoms with Crippen LogP contribution in [0.3, 0.4) is 0 Å². The maximum absolute atomic E-state index is 12.8. The third-order valence-corrected chi connectivity index (χ3v) is 8.39. The highest BCUT2D eigenvalue weighted by atomic mass is 32.2. The van der Waals surface area contributed by atoms with Crippen LogP contribution in [0.5, 0.6) is 0 Å². The van der Waals surface area contributed by atoms with Gasteiger partial charge in [-0.3, -0.25) is 10.0 Å². The Balaban J connectivity index is 1.40. The van der Waals surface area contributed by atoms with E-state index < -0.39 is 15.9 Å². The van der Waals surface area contributed by atoms with E-state index in [1.165, 1.54) is 0 Å². The Kier molecular flexibility index (Phi) is 7.12. The zero-order valence-electron chi connectivity index (χ0n) is 19.5. The molecule has 0 aromatic heterocycles. The van der Waals surface area contributed by atoms with E-state index in [2.05, 4.69) is 17.2 Å². The third-order valence-electron chi connectivity index (χ3n) is 6.66. The summed E-state index contributed by atoms with van der Waals surface area (Å²) in [4.78, 5) is 27.5. The summed E-state index contributed by atoms with van der Waals surface area (Å²) in [6.07, 6.45) is 0.597. The smallest absolute Gasteiger partial charge is 0.365 e. The lowest BCUT2D eigenvalue weighted by molar-refractivity contribution is -0.832. The Bertz CT molecular complexity index is 1280. The average molecular weight is 498 g/mol. The zero-order valence-corrected chi connectivity index (χ0v) is 20.3. The molecule has 9 nitrogen and oxygen atoms in total. The molecule has 184 valence electrons. The summed E-state index contributed by atoms with van der Waals surface area (Å²) in [5.74, 6) is 5.52. The number of para-hydroxylation sites is 1. The van der Waals surface area contributed by atoms with Crippen molar-refractivity contribution in [2.24, 2.45) is 0 Å². The minimum absolute atomic E-state index is 0.0474. The molecule has 2 heterocycles. The summed E-state index contributed by atoms with van der Waals surface area (Å²) in [6.45, 7) is 3.72. The topological polar surface area (TPSA) is 116 Å². The Morgan fingerprint density at radius 1 is 1.17 bits per heavy atom. The van der Waals surface area contributed by atoms with Gasteiger partial charge in [-0.05, 0) is 42.7 Å². The van der Waals surface area contributed by atoms with Gasteiger partial charge in [-0.2, -0.15) is 5.48 Å². The number of quaternary nitrogens is 1. The number of hydrogen-bond donors (Lipinski definition) is 3. The number of hydroxylamine groups is 1. The zero-order chi connectivity index (χ0) is 25.1. The van der Waals surface area contributed by atoms with E-state index in [4.69, 9.17) is 5.21 Å². The molecule has 0 radical (unpaired) electrons. The number of rotatable bonds is 5. The van der Waals surface area contributed by atoms with Crippen LogP contribution in [-0.4, -0.2) is 68.0 Å². The Morgan fingerprint density at radius 3 is 2.63 bits per heavy atom. The Labute approximate surface area is 205 Å². The first-order valence-electron chi connectivity index (χ1n) is 11.4. The van der Waals surface area contributed by atoms with Crippen molar-refractivity contribution in [1.82, 2.24) is 10.8 Å². The number of benzene rings is 2. The largest absolute Gasteiger partial charge is 0.440 e.